The molecule has 8 rings (SSSR count). The van der Waals surface area contributed by atoms with E-state index in [-0.39, 0.29) is 6.04 Å². The Hall–Kier alpha value is -4.86. The normalized spacial score (nSPS) is 13.0. The van der Waals surface area contributed by atoms with Crippen molar-refractivity contribution in [2.45, 2.75) is 13.0 Å². The van der Waals surface area contributed by atoms with Gasteiger partial charge in [-0.2, -0.15) is 0 Å². The SMILES string of the molecule is CC(N)c1ccc(-n2c3ccccc3c3c4c(c5ccccc5c32)Oc2ccccc2-c2ccccc2-4)cc1. The summed E-state index contributed by atoms with van der Waals surface area (Å²) >= 11 is 0. The molecule has 1 atom stereocenters. The number of ether oxygens (including phenoxy) is 1. The molecule has 0 radical (unpaired) electrons. The number of nitrogens with two attached hydrogens (primary N) is 1. The van der Waals surface area contributed by atoms with E-state index >= 15 is 0 Å². The lowest BCUT2D eigenvalue weighted by molar-refractivity contribution is 0.494. The summed E-state index contributed by atoms with van der Waals surface area (Å²) < 4.78 is 9.29. The van der Waals surface area contributed by atoms with Crippen molar-refractivity contribution in [3.05, 3.63) is 127 Å². The molecule has 0 saturated carbocycles. The second-order valence-corrected chi connectivity index (χ2v) is 10.3. The van der Waals surface area contributed by atoms with Crippen LogP contribution in [0.3, 0.4) is 0 Å². The summed E-state index contributed by atoms with van der Waals surface area (Å²) in [5.41, 5.74) is 15.4. The smallest absolute Gasteiger partial charge is 0.143 e. The lowest BCUT2D eigenvalue weighted by Crippen LogP contribution is -2.05. The Bertz CT molecular complexity index is 2070. The summed E-state index contributed by atoms with van der Waals surface area (Å²) in [4.78, 5) is 0. The first-order valence-electron chi connectivity index (χ1n) is 13.4. The van der Waals surface area contributed by atoms with Gasteiger partial charge in [0.05, 0.1) is 11.0 Å². The van der Waals surface area contributed by atoms with Gasteiger partial charge in [-0.05, 0) is 47.9 Å². The van der Waals surface area contributed by atoms with Crippen LogP contribution in [0.25, 0.3) is 60.5 Å². The number of nitrogens with zero attached hydrogens (tertiary/aromatic N) is 1. The predicted molar refractivity (Wildman–Crippen MR) is 162 cm³/mol. The summed E-state index contributed by atoms with van der Waals surface area (Å²) in [6.07, 6.45) is 0. The van der Waals surface area contributed by atoms with Crippen LogP contribution in [0.15, 0.2) is 121 Å². The Kier molecular flexibility index (Phi) is 4.73. The van der Waals surface area contributed by atoms with E-state index < -0.39 is 0 Å². The van der Waals surface area contributed by atoms with Crippen LogP contribution in [0.2, 0.25) is 0 Å². The Morgan fingerprint density at radius 2 is 1.23 bits per heavy atom. The fourth-order valence-corrected chi connectivity index (χ4v) is 6.27. The van der Waals surface area contributed by atoms with Crippen LogP contribution in [-0.4, -0.2) is 4.57 Å². The van der Waals surface area contributed by atoms with Gasteiger partial charge < -0.3 is 15.0 Å². The zero-order valence-corrected chi connectivity index (χ0v) is 21.6. The van der Waals surface area contributed by atoms with E-state index in [1.165, 1.54) is 32.9 Å². The molecule has 7 aromatic rings. The highest BCUT2D eigenvalue weighted by atomic mass is 16.5. The summed E-state index contributed by atoms with van der Waals surface area (Å²) in [6.45, 7) is 2.02. The molecule has 0 fully saturated rings. The van der Waals surface area contributed by atoms with Crippen molar-refractivity contribution < 1.29 is 4.74 Å². The van der Waals surface area contributed by atoms with Gasteiger partial charge in [-0.25, -0.2) is 0 Å². The van der Waals surface area contributed by atoms with Gasteiger partial charge in [0.15, 0.2) is 0 Å². The van der Waals surface area contributed by atoms with Crippen LogP contribution in [0.5, 0.6) is 11.5 Å². The van der Waals surface area contributed by atoms with Crippen molar-refractivity contribution >= 4 is 32.6 Å². The van der Waals surface area contributed by atoms with Crippen molar-refractivity contribution in [3.8, 4) is 39.4 Å². The minimum Gasteiger partial charge on any atom is -0.455 e. The van der Waals surface area contributed by atoms with Crippen molar-refractivity contribution in [2.75, 3.05) is 0 Å². The van der Waals surface area contributed by atoms with Crippen molar-refractivity contribution in [1.29, 1.82) is 0 Å². The molecule has 0 amide bonds. The zero-order valence-electron chi connectivity index (χ0n) is 21.6. The molecular weight excluding hydrogens is 476 g/mol. The van der Waals surface area contributed by atoms with Crippen molar-refractivity contribution in [1.82, 2.24) is 4.57 Å². The van der Waals surface area contributed by atoms with E-state index in [1.54, 1.807) is 0 Å². The molecule has 6 aromatic carbocycles. The van der Waals surface area contributed by atoms with Crippen LogP contribution >= 0.6 is 0 Å². The zero-order chi connectivity index (χ0) is 26.1. The Labute approximate surface area is 226 Å². The maximum Gasteiger partial charge on any atom is 0.143 e. The first-order valence-corrected chi connectivity index (χ1v) is 13.4. The molecule has 0 saturated heterocycles. The molecule has 2 N–H and O–H groups in total. The summed E-state index contributed by atoms with van der Waals surface area (Å²) in [6, 6.07) is 43.0. The van der Waals surface area contributed by atoms with E-state index in [0.29, 0.717) is 0 Å². The van der Waals surface area contributed by atoms with Crippen LogP contribution in [-0.2, 0) is 0 Å². The molecule has 1 aromatic heterocycles. The van der Waals surface area contributed by atoms with Gasteiger partial charge in [0.2, 0.25) is 0 Å². The summed E-state index contributed by atoms with van der Waals surface area (Å²) in [5.74, 6) is 1.79. The molecule has 2 heterocycles. The van der Waals surface area contributed by atoms with E-state index in [4.69, 9.17) is 10.5 Å². The molecular formula is C36H26N2O. The number of hydrogen-bond donors (Lipinski definition) is 1. The number of fused-ring (bicyclic) bond motifs is 12. The van der Waals surface area contributed by atoms with Gasteiger partial charge in [0.1, 0.15) is 11.5 Å². The molecule has 186 valence electrons. The van der Waals surface area contributed by atoms with Gasteiger partial charge in [-0.3, -0.25) is 0 Å². The second-order valence-electron chi connectivity index (χ2n) is 10.3. The lowest BCUT2D eigenvalue weighted by atomic mass is 9.90. The summed E-state index contributed by atoms with van der Waals surface area (Å²) in [5, 5.41) is 4.67. The Balaban J connectivity index is 1.61. The molecule has 1 aliphatic heterocycles. The highest BCUT2D eigenvalue weighted by Crippen LogP contribution is 2.54. The third kappa shape index (κ3) is 3.14. The Morgan fingerprint density at radius 1 is 0.615 bits per heavy atom. The quantitative estimate of drug-likeness (QED) is 0.256. The third-order valence-electron chi connectivity index (χ3n) is 8.04. The number of benzene rings is 6. The van der Waals surface area contributed by atoms with Gasteiger partial charge in [0.25, 0.3) is 0 Å². The molecule has 1 aliphatic rings. The maximum absolute atomic E-state index is 6.89. The standard InChI is InChI=1S/C36H26N2O/c1-22(37)23-18-20-24(21-19-23)38-31-16-8-6-15-30(31)33-34-27-12-3-2-10-25(27)26-11-7-9-17-32(26)39-36(34)29-14-5-4-13-28(29)35(33)38/h2-22H,37H2,1H3. The largest absolute Gasteiger partial charge is 0.455 e. The number of aromatic nitrogens is 1. The average molecular weight is 503 g/mol. The highest BCUT2D eigenvalue weighted by Gasteiger charge is 2.28. The van der Waals surface area contributed by atoms with E-state index in [2.05, 4.69) is 120 Å². The molecule has 1 unspecified atom stereocenters. The molecule has 3 heteroatoms. The molecule has 0 aliphatic carbocycles. The first-order chi connectivity index (χ1) is 19.2. The molecule has 3 nitrogen and oxygen atoms in total. The predicted octanol–water partition coefficient (Wildman–Crippen LogP) is 9.40. The van der Waals surface area contributed by atoms with Crippen LogP contribution < -0.4 is 10.5 Å². The minimum absolute atomic E-state index is 0.0101. The van der Waals surface area contributed by atoms with Gasteiger partial charge >= 0.3 is 0 Å². The van der Waals surface area contributed by atoms with E-state index in [1.807, 2.05) is 13.0 Å². The third-order valence-corrected chi connectivity index (χ3v) is 8.04. The van der Waals surface area contributed by atoms with Crippen molar-refractivity contribution in [2.24, 2.45) is 5.73 Å². The summed E-state index contributed by atoms with van der Waals surface area (Å²) in [7, 11) is 0. The Morgan fingerprint density at radius 3 is 2.00 bits per heavy atom. The number of rotatable bonds is 2. The highest BCUT2D eigenvalue weighted by molar-refractivity contribution is 6.27. The molecule has 0 spiro atoms. The number of para-hydroxylation sites is 2. The first kappa shape index (κ1) is 22.2. The fraction of sp³-hybridized carbons (Fsp3) is 0.0556. The van der Waals surface area contributed by atoms with E-state index in [9.17, 15) is 0 Å². The van der Waals surface area contributed by atoms with Crippen LogP contribution in [0.4, 0.5) is 0 Å². The van der Waals surface area contributed by atoms with Crippen LogP contribution in [0, 0.1) is 0 Å². The second kappa shape index (κ2) is 8.32. The monoisotopic (exact) mass is 502 g/mol. The topological polar surface area (TPSA) is 40.2 Å². The number of hydrogen-bond acceptors (Lipinski definition) is 2. The van der Waals surface area contributed by atoms with E-state index in [0.717, 1.165) is 44.6 Å². The van der Waals surface area contributed by atoms with Gasteiger partial charge in [-0.1, -0.05) is 97.1 Å². The minimum atomic E-state index is -0.0101. The molecule has 0 bridgehead atoms. The maximum atomic E-state index is 6.89. The van der Waals surface area contributed by atoms with Gasteiger partial charge in [-0.15, -0.1) is 0 Å². The van der Waals surface area contributed by atoms with Crippen molar-refractivity contribution in [3.63, 3.8) is 0 Å². The van der Waals surface area contributed by atoms with Gasteiger partial charge in [0, 0.05) is 44.4 Å². The lowest BCUT2D eigenvalue weighted by Gasteiger charge is -2.17. The average Bonchev–Trinajstić information content (AvgIpc) is 3.25. The molecule has 39 heavy (non-hydrogen) atoms. The fourth-order valence-electron chi connectivity index (χ4n) is 6.27. The van der Waals surface area contributed by atoms with Crippen LogP contribution in [0.1, 0.15) is 18.5 Å².